The molecule has 0 amide bonds. The highest BCUT2D eigenvalue weighted by Crippen LogP contribution is 2.39. The molecule has 5 nitrogen and oxygen atoms in total. The molecule has 0 atom stereocenters. The Labute approximate surface area is 182 Å². The fourth-order valence-corrected chi connectivity index (χ4v) is 4.43. The van der Waals surface area contributed by atoms with Crippen LogP contribution in [0.3, 0.4) is 0 Å². The first-order chi connectivity index (χ1) is 13.7. The Kier molecular flexibility index (Phi) is 6.39. The number of thiophene rings is 1. The van der Waals surface area contributed by atoms with E-state index in [-0.39, 0.29) is 29.1 Å². The number of carbonyl (C=O) groups excluding carboxylic acids is 2. The van der Waals surface area contributed by atoms with Crippen molar-refractivity contribution in [1.82, 2.24) is 0 Å². The molecule has 1 aromatic heterocycles. The van der Waals surface area contributed by atoms with Gasteiger partial charge < -0.3 is 9.84 Å². The van der Waals surface area contributed by atoms with Crippen LogP contribution >= 0.6 is 27.3 Å². The fourth-order valence-electron chi connectivity index (χ4n) is 3.26. The first-order valence-electron chi connectivity index (χ1n) is 9.26. The summed E-state index contributed by atoms with van der Waals surface area (Å²) in [6.07, 6.45) is 2.13. The number of aliphatic imine (C=N–C) groups is 1. The van der Waals surface area contributed by atoms with Crippen molar-refractivity contribution in [1.29, 1.82) is 0 Å². The number of allylic oxidation sites excluding steroid dienone is 2. The molecule has 0 radical (unpaired) electrons. The third kappa shape index (κ3) is 4.85. The molecule has 1 heterocycles. The number of esters is 1. The van der Waals surface area contributed by atoms with Gasteiger partial charge in [0, 0.05) is 34.5 Å². The summed E-state index contributed by atoms with van der Waals surface area (Å²) in [5.74, 6) is -0.574. The fraction of sp³-hybridized carbons (Fsp3) is 0.318. The zero-order valence-electron chi connectivity index (χ0n) is 16.5. The lowest BCUT2D eigenvalue weighted by atomic mass is 9.77. The number of carbonyl (C=O) groups is 2. The van der Waals surface area contributed by atoms with Gasteiger partial charge in [0.25, 0.3) is 0 Å². The Morgan fingerprint density at radius 1 is 1.31 bits per heavy atom. The predicted molar refractivity (Wildman–Crippen MR) is 119 cm³/mol. The Morgan fingerprint density at radius 3 is 2.62 bits per heavy atom. The van der Waals surface area contributed by atoms with E-state index in [0.29, 0.717) is 23.4 Å². The van der Waals surface area contributed by atoms with E-state index >= 15 is 0 Å². The highest BCUT2D eigenvalue weighted by atomic mass is 79.9. The third-order valence-corrected chi connectivity index (χ3v) is 6.03. The first-order valence-corrected chi connectivity index (χ1v) is 10.9. The van der Waals surface area contributed by atoms with Crippen LogP contribution in [0.4, 0.5) is 5.00 Å². The van der Waals surface area contributed by atoms with E-state index in [2.05, 4.69) is 20.9 Å². The molecule has 0 aliphatic heterocycles. The van der Waals surface area contributed by atoms with Crippen LogP contribution in [0.1, 0.15) is 44.0 Å². The Morgan fingerprint density at radius 2 is 2.00 bits per heavy atom. The molecular weight excluding hydrogens is 454 g/mol. The Hall–Kier alpha value is -2.25. The zero-order chi connectivity index (χ0) is 21.2. The van der Waals surface area contributed by atoms with Crippen molar-refractivity contribution >= 4 is 50.2 Å². The number of Topliss-reactive ketones (excluding diaryl/α,β-unsaturated/α-hetero) is 1. The Balaban J connectivity index is 2.01. The van der Waals surface area contributed by atoms with Gasteiger partial charge in [-0.2, -0.15) is 0 Å². The Bertz CT molecular complexity index is 1000. The highest BCUT2D eigenvalue weighted by molar-refractivity contribution is 9.10. The average molecular weight is 476 g/mol. The molecular formula is C22H22BrNO4S. The van der Waals surface area contributed by atoms with E-state index in [1.165, 1.54) is 17.6 Å². The van der Waals surface area contributed by atoms with E-state index in [9.17, 15) is 14.7 Å². The number of ether oxygens (including phenoxy) is 1. The van der Waals surface area contributed by atoms with Gasteiger partial charge in [0.1, 0.15) is 16.3 Å². The molecule has 0 unspecified atom stereocenters. The maximum Gasteiger partial charge on any atom is 0.341 e. The van der Waals surface area contributed by atoms with Crippen molar-refractivity contribution in [2.75, 3.05) is 6.61 Å². The van der Waals surface area contributed by atoms with Crippen molar-refractivity contribution in [3.63, 3.8) is 0 Å². The number of nitrogens with zero attached hydrogens (tertiary/aromatic N) is 1. The molecule has 2 aromatic rings. The van der Waals surface area contributed by atoms with Crippen LogP contribution in [-0.4, -0.2) is 29.7 Å². The van der Waals surface area contributed by atoms with E-state index in [0.717, 1.165) is 15.6 Å². The monoisotopic (exact) mass is 475 g/mol. The first kappa shape index (κ1) is 21.5. The standard InChI is InChI=1S/C22H22BrNO4S/c1-4-28-21(27)19-16(13-5-7-14(23)8-6-13)12-29-20(19)24-11-15-17(25)9-22(2,3)10-18(15)26/h5-8,11-12,25H,4,9-10H2,1-3H3/b24-11+. The van der Waals surface area contributed by atoms with Crippen molar-refractivity contribution in [2.24, 2.45) is 10.4 Å². The number of ketones is 1. The lowest BCUT2D eigenvalue weighted by Gasteiger charge is -2.28. The van der Waals surface area contributed by atoms with Crippen LogP contribution in [0.15, 0.2) is 50.4 Å². The van der Waals surface area contributed by atoms with Gasteiger partial charge in [0.05, 0.1) is 12.2 Å². The molecule has 1 aromatic carbocycles. The van der Waals surface area contributed by atoms with Crippen molar-refractivity contribution in [3.05, 3.63) is 51.0 Å². The van der Waals surface area contributed by atoms with E-state index in [1.54, 1.807) is 6.92 Å². The van der Waals surface area contributed by atoms with Gasteiger partial charge >= 0.3 is 5.97 Å². The molecule has 0 spiro atoms. The van der Waals surface area contributed by atoms with Gasteiger partial charge in [-0.1, -0.05) is 41.9 Å². The summed E-state index contributed by atoms with van der Waals surface area (Å²) in [4.78, 5) is 29.4. The molecule has 0 fully saturated rings. The summed E-state index contributed by atoms with van der Waals surface area (Å²) < 4.78 is 6.17. The summed E-state index contributed by atoms with van der Waals surface area (Å²) in [5.41, 5.74) is 1.89. The molecule has 0 saturated carbocycles. The second-order valence-electron chi connectivity index (χ2n) is 7.62. The van der Waals surface area contributed by atoms with Crippen molar-refractivity contribution in [3.8, 4) is 11.1 Å². The maximum atomic E-state index is 12.6. The summed E-state index contributed by atoms with van der Waals surface area (Å²) in [7, 11) is 0. The number of rotatable bonds is 5. The number of halogens is 1. The second-order valence-corrected chi connectivity index (χ2v) is 9.39. The second kappa shape index (κ2) is 8.63. The van der Waals surface area contributed by atoms with Gasteiger partial charge in [-0.25, -0.2) is 9.79 Å². The lowest BCUT2D eigenvalue weighted by Crippen LogP contribution is -2.26. The zero-order valence-corrected chi connectivity index (χ0v) is 18.9. The largest absolute Gasteiger partial charge is 0.511 e. The van der Waals surface area contributed by atoms with Gasteiger partial charge in [-0.15, -0.1) is 11.3 Å². The van der Waals surface area contributed by atoms with E-state index in [4.69, 9.17) is 4.74 Å². The number of aliphatic hydroxyl groups excluding tert-OH is 1. The highest BCUT2D eigenvalue weighted by Gasteiger charge is 2.32. The normalized spacial score (nSPS) is 16.5. The van der Waals surface area contributed by atoms with Gasteiger partial charge in [0.15, 0.2) is 5.78 Å². The molecule has 3 rings (SSSR count). The number of hydrogen-bond acceptors (Lipinski definition) is 6. The summed E-state index contributed by atoms with van der Waals surface area (Å²) in [6, 6.07) is 7.61. The summed E-state index contributed by atoms with van der Waals surface area (Å²) in [5, 5.41) is 12.6. The molecule has 152 valence electrons. The summed E-state index contributed by atoms with van der Waals surface area (Å²) in [6.45, 7) is 5.88. The van der Waals surface area contributed by atoms with Crippen LogP contribution in [0.2, 0.25) is 0 Å². The van der Waals surface area contributed by atoms with Crippen molar-refractivity contribution in [2.45, 2.75) is 33.6 Å². The smallest absolute Gasteiger partial charge is 0.341 e. The van der Waals surface area contributed by atoms with E-state index in [1.807, 2.05) is 43.5 Å². The van der Waals surface area contributed by atoms with Crippen LogP contribution < -0.4 is 0 Å². The minimum Gasteiger partial charge on any atom is -0.511 e. The molecule has 7 heteroatoms. The SMILES string of the molecule is CCOC(=O)c1c(-c2ccc(Br)cc2)csc1/N=C/C1=C(O)CC(C)(C)CC1=O. The van der Waals surface area contributed by atoms with Crippen LogP contribution in [-0.2, 0) is 9.53 Å². The molecule has 1 aliphatic carbocycles. The van der Waals surface area contributed by atoms with E-state index < -0.39 is 5.97 Å². The number of benzene rings is 1. The number of hydrogen-bond donors (Lipinski definition) is 1. The lowest BCUT2D eigenvalue weighted by molar-refractivity contribution is -0.117. The van der Waals surface area contributed by atoms with Crippen LogP contribution in [0.5, 0.6) is 0 Å². The third-order valence-electron chi connectivity index (χ3n) is 4.61. The quantitative estimate of drug-likeness (QED) is 0.408. The molecule has 0 bridgehead atoms. The molecule has 0 saturated heterocycles. The molecule has 1 aliphatic rings. The van der Waals surface area contributed by atoms with Crippen molar-refractivity contribution < 1.29 is 19.4 Å². The topological polar surface area (TPSA) is 76.0 Å². The molecule has 1 N–H and O–H groups in total. The average Bonchev–Trinajstić information content (AvgIpc) is 3.05. The van der Waals surface area contributed by atoms with Gasteiger partial charge in [-0.3, -0.25) is 4.79 Å². The minimum atomic E-state index is -0.465. The van der Waals surface area contributed by atoms with Gasteiger partial charge in [0.2, 0.25) is 0 Å². The maximum absolute atomic E-state index is 12.6. The van der Waals surface area contributed by atoms with Crippen LogP contribution in [0.25, 0.3) is 11.1 Å². The number of aliphatic hydroxyl groups is 1. The minimum absolute atomic E-state index is 0.0392. The molecule has 29 heavy (non-hydrogen) atoms. The summed E-state index contributed by atoms with van der Waals surface area (Å²) >= 11 is 4.70. The van der Waals surface area contributed by atoms with Crippen LogP contribution in [0, 0.1) is 5.41 Å². The predicted octanol–water partition coefficient (Wildman–Crippen LogP) is 6.26. The van der Waals surface area contributed by atoms with Gasteiger partial charge in [-0.05, 0) is 30.0 Å².